The molecule has 0 spiro atoms. The third kappa shape index (κ3) is 5.47. The number of hydrogen-bond donors (Lipinski definition) is 2. The summed E-state index contributed by atoms with van der Waals surface area (Å²) in [5, 5.41) is 11.5. The van der Waals surface area contributed by atoms with Crippen LogP contribution in [0.4, 0.5) is 0 Å². The second-order valence-electron chi connectivity index (χ2n) is 6.20. The summed E-state index contributed by atoms with van der Waals surface area (Å²) in [6, 6.07) is 0. The van der Waals surface area contributed by atoms with Gasteiger partial charge in [0.25, 0.3) is 0 Å². The Kier molecular flexibility index (Phi) is 10.2. The summed E-state index contributed by atoms with van der Waals surface area (Å²) < 4.78 is 15.1. The van der Waals surface area contributed by atoms with Crippen LogP contribution >= 0.6 is 0 Å². The van der Waals surface area contributed by atoms with E-state index < -0.39 is 23.9 Å². The molecule has 0 bridgehead atoms. The number of hydrogen-bond acceptors (Lipinski definition) is 8. The van der Waals surface area contributed by atoms with Gasteiger partial charge in [0.15, 0.2) is 0 Å². The minimum Gasteiger partial charge on any atom is -0.543 e. The predicted octanol–water partition coefficient (Wildman–Crippen LogP) is -1.48. The van der Waals surface area contributed by atoms with E-state index in [9.17, 15) is 24.3 Å². The molecule has 0 aliphatic heterocycles. The van der Waals surface area contributed by atoms with Crippen molar-refractivity contribution in [1.29, 1.82) is 0 Å². The number of esters is 3. The van der Waals surface area contributed by atoms with Crippen LogP contribution in [0.3, 0.4) is 0 Å². The second-order valence-corrected chi connectivity index (χ2v) is 6.20. The van der Waals surface area contributed by atoms with Gasteiger partial charge in [0.05, 0.1) is 54.0 Å². The molecule has 0 radical (unpaired) electrons. The van der Waals surface area contributed by atoms with Crippen LogP contribution in [-0.4, -0.2) is 53.7 Å². The largest absolute Gasteiger partial charge is 1.00 e. The van der Waals surface area contributed by atoms with Gasteiger partial charge in [-0.05, 0) is 45.7 Å². The van der Waals surface area contributed by atoms with E-state index >= 15 is 0 Å². The molecule has 2 heterocycles. The predicted molar refractivity (Wildman–Crippen MR) is 102 cm³/mol. The number of carbonyl (C=O) groups excluding carboxylic acids is 4. The number of rotatable bonds is 8. The van der Waals surface area contributed by atoms with Crippen molar-refractivity contribution in [3.8, 4) is 11.4 Å². The van der Waals surface area contributed by atoms with Gasteiger partial charge in [-0.15, -0.1) is 0 Å². The van der Waals surface area contributed by atoms with Crippen molar-refractivity contribution in [3.05, 3.63) is 33.6 Å². The molecule has 0 atom stereocenters. The summed E-state index contributed by atoms with van der Waals surface area (Å²) in [6.07, 6.45) is 0. The van der Waals surface area contributed by atoms with Crippen LogP contribution < -0.4 is 56.5 Å². The zero-order valence-electron chi connectivity index (χ0n) is 18.4. The maximum absolute atomic E-state index is 12.6. The summed E-state index contributed by atoms with van der Waals surface area (Å²) in [4.78, 5) is 54.4. The van der Waals surface area contributed by atoms with Crippen molar-refractivity contribution in [2.45, 2.75) is 34.6 Å². The fourth-order valence-corrected chi connectivity index (χ4v) is 3.09. The van der Waals surface area contributed by atoms with E-state index in [1.54, 1.807) is 20.8 Å². The Labute approximate surface area is 221 Å². The van der Waals surface area contributed by atoms with E-state index in [4.69, 9.17) is 14.2 Å². The number of nitrogens with one attached hydrogen (secondary N) is 2. The maximum Gasteiger partial charge on any atom is 1.00 e. The second kappa shape index (κ2) is 11.6. The zero-order valence-corrected chi connectivity index (χ0v) is 21.5. The SMILES string of the molecule is CCOC(=O)c1[nH]c(-c2[nH]c(C(=O)[O-])c(C)c2C(=O)OCC)c(C(=O)OCC)c1C.[K+]. The van der Waals surface area contributed by atoms with Gasteiger partial charge < -0.3 is 34.1 Å². The van der Waals surface area contributed by atoms with Gasteiger partial charge in [-0.2, -0.15) is 0 Å². The van der Waals surface area contributed by atoms with Crippen molar-refractivity contribution < 1.29 is 89.9 Å². The Morgan fingerprint density at radius 3 is 1.45 bits per heavy atom. The quantitative estimate of drug-likeness (QED) is 0.276. The van der Waals surface area contributed by atoms with Crippen molar-refractivity contribution in [2.75, 3.05) is 19.8 Å². The average molecular weight is 459 g/mol. The number of carbonyl (C=O) groups is 4. The molecular weight excluding hydrogens is 435 g/mol. The molecule has 10 nitrogen and oxygen atoms in total. The molecule has 2 rings (SSSR count). The van der Waals surface area contributed by atoms with Gasteiger partial charge in [0.1, 0.15) is 5.69 Å². The van der Waals surface area contributed by atoms with Gasteiger partial charge in [-0.25, -0.2) is 14.4 Å². The van der Waals surface area contributed by atoms with E-state index in [-0.39, 0.29) is 116 Å². The Morgan fingerprint density at radius 1 is 0.710 bits per heavy atom. The van der Waals surface area contributed by atoms with Crippen LogP contribution in [0.1, 0.15) is 73.6 Å². The average Bonchev–Trinajstić information content (AvgIpc) is 3.19. The monoisotopic (exact) mass is 458 g/mol. The van der Waals surface area contributed by atoms with Gasteiger partial charge >= 0.3 is 69.3 Å². The molecule has 0 unspecified atom stereocenters. The molecule has 0 fully saturated rings. The van der Waals surface area contributed by atoms with Crippen LogP contribution in [-0.2, 0) is 14.2 Å². The first-order valence-electron chi connectivity index (χ1n) is 9.37. The minimum absolute atomic E-state index is 0. The standard InChI is InChI=1S/C20H24N2O8.K/c1-6-28-18(25)11-9(4)13(17(23)24)21-15(11)16-12(19(26)29-7-2)10(5)14(22-16)20(27)30-8-3;/h21-22H,6-8H2,1-5H3,(H,23,24);/q;+1/p-1. The Morgan fingerprint density at radius 2 is 1.06 bits per heavy atom. The number of aromatic amines is 2. The van der Waals surface area contributed by atoms with Gasteiger partial charge in [-0.3, -0.25) is 0 Å². The van der Waals surface area contributed by atoms with E-state index in [1.807, 2.05) is 0 Å². The van der Waals surface area contributed by atoms with E-state index in [2.05, 4.69) is 9.97 Å². The van der Waals surface area contributed by atoms with Crippen LogP contribution in [0.5, 0.6) is 0 Å². The van der Waals surface area contributed by atoms with Gasteiger partial charge in [-0.1, -0.05) is 0 Å². The van der Waals surface area contributed by atoms with Crippen molar-refractivity contribution >= 4 is 23.9 Å². The topological polar surface area (TPSA) is 151 Å². The summed E-state index contributed by atoms with van der Waals surface area (Å²) in [5.41, 5.74) is -0.226. The first kappa shape index (κ1) is 27.1. The van der Waals surface area contributed by atoms with Crippen LogP contribution in [0.2, 0.25) is 0 Å². The van der Waals surface area contributed by atoms with Gasteiger partial charge in [0.2, 0.25) is 0 Å². The number of carboxylic acids is 1. The Bertz CT molecular complexity index is 1010. The molecular formula is C20H23KN2O8. The third-order valence-electron chi connectivity index (χ3n) is 4.39. The van der Waals surface area contributed by atoms with Crippen molar-refractivity contribution in [2.24, 2.45) is 0 Å². The molecule has 2 aromatic heterocycles. The van der Waals surface area contributed by atoms with Crippen molar-refractivity contribution in [1.82, 2.24) is 9.97 Å². The van der Waals surface area contributed by atoms with Gasteiger partial charge in [0, 0.05) is 0 Å². The zero-order chi connectivity index (χ0) is 22.6. The normalized spacial score (nSPS) is 10.2. The van der Waals surface area contributed by atoms with E-state index in [0.29, 0.717) is 0 Å². The summed E-state index contributed by atoms with van der Waals surface area (Å²) in [7, 11) is 0. The first-order valence-corrected chi connectivity index (χ1v) is 9.37. The molecule has 0 aliphatic carbocycles. The van der Waals surface area contributed by atoms with Crippen LogP contribution in [0.25, 0.3) is 11.4 Å². The van der Waals surface area contributed by atoms with Crippen LogP contribution in [0, 0.1) is 13.8 Å². The molecule has 31 heavy (non-hydrogen) atoms. The first-order chi connectivity index (χ1) is 14.2. The third-order valence-corrected chi connectivity index (χ3v) is 4.39. The maximum atomic E-state index is 12.6. The van der Waals surface area contributed by atoms with Crippen LogP contribution in [0.15, 0.2) is 0 Å². The Hall–Kier alpha value is -1.92. The van der Waals surface area contributed by atoms with E-state index in [1.165, 1.54) is 13.8 Å². The number of carboxylic acid groups (broad SMARTS) is 1. The number of ether oxygens (including phenoxy) is 3. The molecule has 0 saturated carbocycles. The molecule has 0 saturated heterocycles. The number of aromatic nitrogens is 2. The molecule has 11 heteroatoms. The summed E-state index contributed by atoms with van der Waals surface area (Å²) in [6.45, 7) is 7.97. The molecule has 2 N–H and O–H groups in total. The summed E-state index contributed by atoms with van der Waals surface area (Å²) in [5.74, 6) is -3.81. The molecule has 0 amide bonds. The smallest absolute Gasteiger partial charge is 0.543 e. The Balaban J connectivity index is 0.00000480. The fraction of sp³-hybridized carbons (Fsp3) is 0.400. The van der Waals surface area contributed by atoms with Crippen molar-refractivity contribution in [3.63, 3.8) is 0 Å². The molecule has 162 valence electrons. The molecule has 0 aliphatic rings. The fourth-order valence-electron chi connectivity index (χ4n) is 3.09. The molecule has 2 aromatic rings. The number of aromatic carboxylic acids is 1. The molecule has 0 aromatic carbocycles. The minimum atomic E-state index is -1.55. The number of H-pyrrole nitrogens is 2. The van der Waals surface area contributed by atoms with E-state index in [0.717, 1.165) is 0 Å². The summed E-state index contributed by atoms with van der Waals surface area (Å²) >= 11 is 0.